The van der Waals surface area contributed by atoms with Crippen molar-refractivity contribution in [3.63, 3.8) is 0 Å². The highest BCUT2D eigenvalue weighted by Gasteiger charge is 2.15. The average Bonchev–Trinajstić information content (AvgIpc) is 2.71. The van der Waals surface area contributed by atoms with Gasteiger partial charge in [0, 0.05) is 13.1 Å². The molecule has 0 aromatic heterocycles. The molecule has 0 spiro atoms. The van der Waals surface area contributed by atoms with Crippen molar-refractivity contribution < 1.29 is 0 Å². The first-order valence-electron chi connectivity index (χ1n) is 5.83. The zero-order valence-electron chi connectivity index (χ0n) is 9.66. The van der Waals surface area contributed by atoms with Gasteiger partial charge in [0.15, 0.2) is 0 Å². The van der Waals surface area contributed by atoms with Gasteiger partial charge in [0.05, 0.1) is 11.4 Å². The quantitative estimate of drug-likeness (QED) is 0.750. The van der Waals surface area contributed by atoms with Gasteiger partial charge in [-0.3, -0.25) is 0 Å². The zero-order chi connectivity index (χ0) is 10.8. The summed E-state index contributed by atoms with van der Waals surface area (Å²) in [5.41, 5.74) is 9.56. The third kappa shape index (κ3) is 2.09. The summed E-state index contributed by atoms with van der Waals surface area (Å²) >= 11 is 0. The molecule has 0 saturated carbocycles. The van der Waals surface area contributed by atoms with Crippen LogP contribution in [-0.2, 0) is 0 Å². The highest BCUT2D eigenvalue weighted by atomic mass is 15.1. The predicted molar refractivity (Wildman–Crippen MR) is 66.4 cm³/mol. The van der Waals surface area contributed by atoms with Crippen LogP contribution in [0.1, 0.15) is 38.2 Å². The minimum Gasteiger partial charge on any atom is -0.397 e. The molecule has 1 heterocycles. The van der Waals surface area contributed by atoms with E-state index in [1.807, 2.05) is 6.07 Å². The Hall–Kier alpha value is -1.18. The van der Waals surface area contributed by atoms with Gasteiger partial charge < -0.3 is 10.6 Å². The van der Waals surface area contributed by atoms with Crippen molar-refractivity contribution in [3.8, 4) is 0 Å². The number of hydrogen-bond donors (Lipinski definition) is 1. The van der Waals surface area contributed by atoms with Crippen LogP contribution >= 0.6 is 0 Å². The van der Waals surface area contributed by atoms with Gasteiger partial charge in [-0.1, -0.05) is 19.9 Å². The second-order valence-corrected chi connectivity index (χ2v) is 4.67. The van der Waals surface area contributed by atoms with E-state index in [0.29, 0.717) is 5.92 Å². The molecular formula is C13H20N2. The molecule has 0 bridgehead atoms. The lowest BCUT2D eigenvalue weighted by molar-refractivity contribution is 0.863. The summed E-state index contributed by atoms with van der Waals surface area (Å²) in [4.78, 5) is 2.40. The number of nitrogen functional groups attached to an aromatic ring is 1. The van der Waals surface area contributed by atoms with E-state index in [2.05, 4.69) is 30.9 Å². The maximum Gasteiger partial charge on any atom is 0.0602 e. The Morgan fingerprint density at radius 3 is 2.47 bits per heavy atom. The summed E-state index contributed by atoms with van der Waals surface area (Å²) in [6.07, 6.45) is 2.59. The molecular weight excluding hydrogens is 184 g/mol. The van der Waals surface area contributed by atoms with E-state index in [0.717, 1.165) is 18.8 Å². The minimum absolute atomic E-state index is 0.576. The van der Waals surface area contributed by atoms with Gasteiger partial charge in [-0.05, 0) is 36.5 Å². The molecule has 1 aliphatic rings. The molecule has 2 heteroatoms. The lowest BCUT2D eigenvalue weighted by Gasteiger charge is -2.21. The van der Waals surface area contributed by atoms with E-state index < -0.39 is 0 Å². The molecule has 2 N–H and O–H groups in total. The maximum atomic E-state index is 6.03. The van der Waals surface area contributed by atoms with Crippen LogP contribution < -0.4 is 10.6 Å². The molecule has 0 aliphatic carbocycles. The molecule has 82 valence electrons. The van der Waals surface area contributed by atoms with E-state index in [-0.39, 0.29) is 0 Å². The molecule has 0 unspecified atom stereocenters. The first-order chi connectivity index (χ1) is 7.18. The number of nitrogens with two attached hydrogens (primary N) is 1. The Balaban J connectivity index is 2.31. The van der Waals surface area contributed by atoms with Crippen LogP contribution in [0.5, 0.6) is 0 Å². The lowest BCUT2D eigenvalue weighted by atomic mass is 10.0. The van der Waals surface area contributed by atoms with Crippen molar-refractivity contribution in [2.75, 3.05) is 23.7 Å². The van der Waals surface area contributed by atoms with Crippen LogP contribution in [0.15, 0.2) is 18.2 Å². The summed E-state index contributed by atoms with van der Waals surface area (Å²) in [7, 11) is 0. The molecule has 2 nitrogen and oxygen atoms in total. The van der Waals surface area contributed by atoms with Gasteiger partial charge in [0.1, 0.15) is 0 Å². The molecule has 1 aromatic carbocycles. The minimum atomic E-state index is 0.576. The molecule has 1 aromatic rings. The highest BCUT2D eigenvalue weighted by molar-refractivity contribution is 5.69. The van der Waals surface area contributed by atoms with Crippen LogP contribution in [0.2, 0.25) is 0 Å². The van der Waals surface area contributed by atoms with Crippen molar-refractivity contribution in [1.29, 1.82) is 0 Å². The molecule has 0 radical (unpaired) electrons. The zero-order valence-corrected chi connectivity index (χ0v) is 9.66. The highest BCUT2D eigenvalue weighted by Crippen LogP contribution is 2.30. The summed E-state index contributed by atoms with van der Waals surface area (Å²) in [6, 6.07) is 6.44. The van der Waals surface area contributed by atoms with Gasteiger partial charge in [-0.25, -0.2) is 0 Å². The molecule has 1 saturated heterocycles. The van der Waals surface area contributed by atoms with Crippen LogP contribution in [0.3, 0.4) is 0 Å². The molecule has 2 rings (SSSR count). The van der Waals surface area contributed by atoms with E-state index >= 15 is 0 Å². The van der Waals surface area contributed by atoms with Crippen molar-refractivity contribution in [3.05, 3.63) is 23.8 Å². The van der Waals surface area contributed by atoms with Crippen LogP contribution in [0.25, 0.3) is 0 Å². The Kier molecular flexibility index (Phi) is 2.85. The van der Waals surface area contributed by atoms with Crippen LogP contribution in [0, 0.1) is 0 Å². The van der Waals surface area contributed by atoms with Gasteiger partial charge in [0.2, 0.25) is 0 Å². The Morgan fingerprint density at radius 1 is 1.20 bits per heavy atom. The smallest absolute Gasteiger partial charge is 0.0602 e. The van der Waals surface area contributed by atoms with Gasteiger partial charge in [-0.2, -0.15) is 0 Å². The fraction of sp³-hybridized carbons (Fsp3) is 0.538. The standard InChI is InChI=1S/C13H20N2/c1-10(2)11-5-6-12(14)13(9-11)15-7-3-4-8-15/h5-6,9-10H,3-4,7-8,14H2,1-2H3. The third-order valence-corrected chi connectivity index (χ3v) is 3.17. The SMILES string of the molecule is CC(C)c1ccc(N)c(N2CCCC2)c1. The number of anilines is 2. The van der Waals surface area contributed by atoms with Gasteiger partial charge >= 0.3 is 0 Å². The molecule has 15 heavy (non-hydrogen) atoms. The number of hydrogen-bond acceptors (Lipinski definition) is 2. The summed E-state index contributed by atoms with van der Waals surface area (Å²) in [5.74, 6) is 0.576. The van der Waals surface area contributed by atoms with E-state index in [9.17, 15) is 0 Å². The largest absolute Gasteiger partial charge is 0.397 e. The molecule has 0 amide bonds. The Labute approximate surface area is 92.1 Å². The maximum absolute atomic E-state index is 6.03. The monoisotopic (exact) mass is 204 g/mol. The summed E-state index contributed by atoms with van der Waals surface area (Å²) in [5, 5.41) is 0. The molecule has 0 atom stereocenters. The van der Waals surface area contributed by atoms with Gasteiger partial charge in [-0.15, -0.1) is 0 Å². The second kappa shape index (κ2) is 4.13. The van der Waals surface area contributed by atoms with E-state index in [4.69, 9.17) is 5.73 Å². The fourth-order valence-corrected chi connectivity index (χ4v) is 2.15. The number of nitrogens with zero attached hydrogens (tertiary/aromatic N) is 1. The molecule has 1 aliphatic heterocycles. The van der Waals surface area contributed by atoms with Crippen LogP contribution in [-0.4, -0.2) is 13.1 Å². The van der Waals surface area contributed by atoms with E-state index in [1.165, 1.54) is 24.1 Å². The first-order valence-corrected chi connectivity index (χ1v) is 5.83. The fourth-order valence-electron chi connectivity index (χ4n) is 2.15. The number of benzene rings is 1. The first kappa shape index (κ1) is 10.3. The van der Waals surface area contributed by atoms with Crippen molar-refractivity contribution in [2.45, 2.75) is 32.6 Å². The predicted octanol–water partition coefficient (Wildman–Crippen LogP) is 2.99. The molecule has 1 fully saturated rings. The Morgan fingerprint density at radius 2 is 1.87 bits per heavy atom. The number of rotatable bonds is 2. The van der Waals surface area contributed by atoms with E-state index in [1.54, 1.807) is 0 Å². The van der Waals surface area contributed by atoms with Crippen molar-refractivity contribution in [2.24, 2.45) is 0 Å². The van der Waals surface area contributed by atoms with Crippen molar-refractivity contribution >= 4 is 11.4 Å². The average molecular weight is 204 g/mol. The topological polar surface area (TPSA) is 29.3 Å². The Bertz CT molecular complexity index is 338. The van der Waals surface area contributed by atoms with Crippen molar-refractivity contribution in [1.82, 2.24) is 0 Å². The summed E-state index contributed by atoms with van der Waals surface area (Å²) < 4.78 is 0. The van der Waals surface area contributed by atoms with Crippen LogP contribution in [0.4, 0.5) is 11.4 Å². The normalized spacial score (nSPS) is 16.3. The third-order valence-electron chi connectivity index (χ3n) is 3.17. The van der Waals surface area contributed by atoms with Gasteiger partial charge in [0.25, 0.3) is 0 Å². The lowest BCUT2D eigenvalue weighted by Crippen LogP contribution is -2.19. The second-order valence-electron chi connectivity index (χ2n) is 4.67. The summed E-state index contributed by atoms with van der Waals surface area (Å²) in [6.45, 7) is 6.76.